The fourth-order valence-electron chi connectivity index (χ4n) is 3.08. The number of fused-ring (bicyclic) bond motifs is 1. The third kappa shape index (κ3) is 3.25. The van der Waals surface area contributed by atoms with E-state index in [1.165, 1.54) is 12.1 Å². The van der Waals surface area contributed by atoms with Gasteiger partial charge < -0.3 is 5.32 Å². The van der Waals surface area contributed by atoms with Gasteiger partial charge in [-0.15, -0.1) is 0 Å². The maximum absolute atomic E-state index is 13.1. The van der Waals surface area contributed by atoms with Crippen LogP contribution < -0.4 is 5.32 Å². The van der Waals surface area contributed by atoms with Gasteiger partial charge in [-0.3, -0.25) is 9.78 Å². The molecule has 126 valence electrons. The minimum atomic E-state index is -0.281. The molecule has 3 nitrogen and oxygen atoms in total. The zero-order chi connectivity index (χ0) is 17.4. The number of nitrogens with zero attached hydrogens (tertiary/aromatic N) is 1. The maximum atomic E-state index is 13.1. The highest BCUT2D eigenvalue weighted by Gasteiger charge is 2.27. The monoisotopic (exact) mass is 334 g/mol. The molecule has 1 aromatic heterocycles. The van der Waals surface area contributed by atoms with E-state index < -0.39 is 0 Å². The predicted molar refractivity (Wildman–Crippen MR) is 96.0 cm³/mol. The molecule has 4 rings (SSSR count). The zero-order valence-electron chi connectivity index (χ0n) is 14.0. The van der Waals surface area contributed by atoms with Crippen molar-refractivity contribution in [2.45, 2.75) is 31.7 Å². The molecule has 1 saturated carbocycles. The molecular formula is C21H19FN2O. The average Bonchev–Trinajstić information content (AvgIpc) is 3.46. The Labute approximate surface area is 145 Å². The topological polar surface area (TPSA) is 42.0 Å². The van der Waals surface area contributed by atoms with E-state index in [4.69, 9.17) is 4.98 Å². The summed E-state index contributed by atoms with van der Waals surface area (Å²) < 4.78 is 13.1. The van der Waals surface area contributed by atoms with E-state index in [1.807, 2.05) is 37.3 Å². The van der Waals surface area contributed by atoms with Gasteiger partial charge in [0.15, 0.2) is 0 Å². The Hall–Kier alpha value is -2.75. The highest BCUT2D eigenvalue weighted by Crippen LogP contribution is 2.40. The van der Waals surface area contributed by atoms with Crippen LogP contribution in [0.5, 0.6) is 0 Å². The van der Waals surface area contributed by atoms with Crippen LogP contribution in [0.3, 0.4) is 0 Å². The van der Waals surface area contributed by atoms with Crippen LogP contribution >= 0.6 is 0 Å². The molecule has 2 aromatic carbocycles. The summed E-state index contributed by atoms with van der Waals surface area (Å²) in [4.78, 5) is 17.6. The van der Waals surface area contributed by atoms with Gasteiger partial charge in [0.25, 0.3) is 5.91 Å². The van der Waals surface area contributed by atoms with Crippen molar-refractivity contribution in [2.24, 2.45) is 0 Å². The van der Waals surface area contributed by atoms with Crippen molar-refractivity contribution in [1.82, 2.24) is 10.3 Å². The Balaban J connectivity index is 1.66. The molecular weight excluding hydrogens is 315 g/mol. The number of rotatable bonds is 4. The second-order valence-corrected chi connectivity index (χ2v) is 6.63. The largest absolute Gasteiger partial charge is 0.345 e. The highest BCUT2D eigenvalue weighted by atomic mass is 19.1. The van der Waals surface area contributed by atoms with Crippen LogP contribution in [0.25, 0.3) is 10.9 Å². The van der Waals surface area contributed by atoms with E-state index in [0.29, 0.717) is 11.5 Å². The van der Waals surface area contributed by atoms with Crippen LogP contribution in [0, 0.1) is 5.82 Å². The lowest BCUT2D eigenvalue weighted by molar-refractivity contribution is 0.0941. The maximum Gasteiger partial charge on any atom is 0.252 e. The summed E-state index contributed by atoms with van der Waals surface area (Å²) in [5.41, 5.74) is 3.38. The SMILES string of the molecule is CC(NC(=O)c1cc(C2CC2)nc2ccccc12)c1ccc(F)cc1. The van der Waals surface area contributed by atoms with E-state index in [-0.39, 0.29) is 17.8 Å². The van der Waals surface area contributed by atoms with Crippen LogP contribution in [0.15, 0.2) is 54.6 Å². The number of carbonyl (C=O) groups is 1. The van der Waals surface area contributed by atoms with Gasteiger partial charge in [0.2, 0.25) is 0 Å². The first-order valence-electron chi connectivity index (χ1n) is 8.58. The molecule has 0 aliphatic heterocycles. The Bertz CT molecular complexity index is 932. The minimum Gasteiger partial charge on any atom is -0.345 e. The number of para-hydroxylation sites is 1. The van der Waals surface area contributed by atoms with Gasteiger partial charge >= 0.3 is 0 Å². The van der Waals surface area contributed by atoms with Crippen molar-refractivity contribution in [1.29, 1.82) is 0 Å². The molecule has 0 radical (unpaired) electrons. The number of carbonyl (C=O) groups excluding carboxylic acids is 1. The number of pyridine rings is 1. The smallest absolute Gasteiger partial charge is 0.252 e. The van der Waals surface area contributed by atoms with Crippen LogP contribution in [0.1, 0.15) is 53.3 Å². The number of aromatic nitrogens is 1. The summed E-state index contributed by atoms with van der Waals surface area (Å²) >= 11 is 0. The Morgan fingerprint density at radius 3 is 2.60 bits per heavy atom. The fourth-order valence-corrected chi connectivity index (χ4v) is 3.08. The summed E-state index contributed by atoms with van der Waals surface area (Å²) in [6.07, 6.45) is 2.27. The molecule has 0 saturated heterocycles. The van der Waals surface area contributed by atoms with E-state index in [1.54, 1.807) is 12.1 Å². The van der Waals surface area contributed by atoms with E-state index >= 15 is 0 Å². The van der Waals surface area contributed by atoms with Crippen molar-refractivity contribution in [3.63, 3.8) is 0 Å². The summed E-state index contributed by atoms with van der Waals surface area (Å²) in [5.74, 6) is 0.0690. The van der Waals surface area contributed by atoms with Crippen LogP contribution in [0.4, 0.5) is 4.39 Å². The second kappa shape index (κ2) is 6.28. The first kappa shape index (κ1) is 15.8. The average molecular weight is 334 g/mol. The number of hydrogen-bond acceptors (Lipinski definition) is 2. The first-order valence-corrected chi connectivity index (χ1v) is 8.58. The fraction of sp³-hybridized carbons (Fsp3) is 0.238. The molecule has 1 heterocycles. The molecule has 1 atom stereocenters. The molecule has 1 fully saturated rings. The van der Waals surface area contributed by atoms with Crippen molar-refractivity contribution < 1.29 is 9.18 Å². The van der Waals surface area contributed by atoms with Crippen LogP contribution in [-0.4, -0.2) is 10.9 Å². The molecule has 25 heavy (non-hydrogen) atoms. The lowest BCUT2D eigenvalue weighted by Crippen LogP contribution is -2.27. The quantitative estimate of drug-likeness (QED) is 0.748. The number of amides is 1. The Morgan fingerprint density at radius 1 is 1.16 bits per heavy atom. The van der Waals surface area contributed by atoms with Gasteiger partial charge in [0.05, 0.1) is 17.1 Å². The highest BCUT2D eigenvalue weighted by molar-refractivity contribution is 6.06. The van der Waals surface area contributed by atoms with Gasteiger partial charge in [-0.25, -0.2) is 4.39 Å². The number of benzene rings is 2. The molecule has 0 bridgehead atoms. The van der Waals surface area contributed by atoms with E-state index in [0.717, 1.165) is 35.0 Å². The third-order valence-electron chi connectivity index (χ3n) is 4.69. The number of nitrogens with one attached hydrogen (secondary N) is 1. The number of halogens is 1. The zero-order valence-corrected chi connectivity index (χ0v) is 14.0. The Morgan fingerprint density at radius 2 is 1.88 bits per heavy atom. The molecule has 4 heteroatoms. The van der Waals surface area contributed by atoms with Gasteiger partial charge in [-0.05, 0) is 49.6 Å². The standard InChI is InChI=1S/C21H19FN2O/c1-13(14-8-10-16(22)11-9-14)23-21(25)18-12-20(15-6-7-15)24-19-5-3-2-4-17(18)19/h2-5,8-13,15H,6-7H2,1H3,(H,23,25). The molecule has 1 N–H and O–H groups in total. The molecule has 0 spiro atoms. The number of hydrogen-bond donors (Lipinski definition) is 1. The van der Waals surface area contributed by atoms with Crippen LogP contribution in [-0.2, 0) is 0 Å². The van der Waals surface area contributed by atoms with Gasteiger partial charge in [-0.1, -0.05) is 30.3 Å². The summed E-state index contributed by atoms with van der Waals surface area (Å²) in [5, 5.41) is 3.88. The summed E-state index contributed by atoms with van der Waals surface area (Å²) in [6.45, 7) is 1.90. The van der Waals surface area contributed by atoms with Crippen molar-refractivity contribution >= 4 is 16.8 Å². The summed E-state index contributed by atoms with van der Waals surface area (Å²) in [6, 6.07) is 15.7. The Kier molecular flexibility index (Phi) is 3.96. The lowest BCUT2D eigenvalue weighted by atomic mass is 10.0. The molecule has 1 amide bonds. The van der Waals surface area contributed by atoms with Crippen molar-refractivity contribution in [2.75, 3.05) is 0 Å². The van der Waals surface area contributed by atoms with Gasteiger partial charge in [0.1, 0.15) is 5.82 Å². The normalized spacial score (nSPS) is 15.1. The van der Waals surface area contributed by atoms with E-state index in [9.17, 15) is 9.18 Å². The van der Waals surface area contributed by atoms with Crippen molar-refractivity contribution in [3.05, 3.63) is 77.2 Å². The molecule has 1 aliphatic carbocycles. The van der Waals surface area contributed by atoms with E-state index in [2.05, 4.69) is 5.32 Å². The molecule has 1 unspecified atom stereocenters. The first-order chi connectivity index (χ1) is 12.1. The van der Waals surface area contributed by atoms with Crippen molar-refractivity contribution in [3.8, 4) is 0 Å². The van der Waals surface area contributed by atoms with Gasteiger partial charge in [-0.2, -0.15) is 0 Å². The predicted octanol–water partition coefficient (Wildman–Crippen LogP) is 4.74. The van der Waals surface area contributed by atoms with Gasteiger partial charge in [0, 0.05) is 17.0 Å². The molecule has 1 aliphatic rings. The van der Waals surface area contributed by atoms with Crippen LogP contribution in [0.2, 0.25) is 0 Å². The minimum absolute atomic E-state index is 0.127. The molecule has 3 aromatic rings. The summed E-state index contributed by atoms with van der Waals surface area (Å²) in [7, 11) is 0. The lowest BCUT2D eigenvalue weighted by Gasteiger charge is -2.16. The third-order valence-corrected chi connectivity index (χ3v) is 4.69. The second-order valence-electron chi connectivity index (χ2n) is 6.63.